The lowest BCUT2D eigenvalue weighted by Crippen LogP contribution is -2.33. The van der Waals surface area contributed by atoms with Crippen molar-refractivity contribution in [3.63, 3.8) is 0 Å². The van der Waals surface area contributed by atoms with Crippen LogP contribution in [-0.2, 0) is 4.79 Å². The highest BCUT2D eigenvalue weighted by Crippen LogP contribution is 2.36. The molecule has 32 heavy (non-hydrogen) atoms. The highest BCUT2D eigenvalue weighted by atomic mass is 16.6. The van der Waals surface area contributed by atoms with Gasteiger partial charge < -0.3 is 20.1 Å². The molecule has 3 heterocycles. The van der Waals surface area contributed by atoms with Crippen LogP contribution in [0.3, 0.4) is 0 Å². The minimum Gasteiger partial charge on any atom is -0.457 e. The summed E-state index contributed by atoms with van der Waals surface area (Å²) in [5, 5.41) is 14.0. The standard InChI is InChI=1S/C23H20N6O3/c1-13(2)26-23(30)20-12-31-18-6-3-14(10-19(18)32-20)22-24-8-7-21(28-22)27-16-4-5-17-15(9-16)11-25-29-17/h3-13H,1-2H3,(H,25,29)(H,26,30)(H,24,27,28). The fraction of sp³-hybridized carbons (Fsp3) is 0.130. The van der Waals surface area contributed by atoms with Gasteiger partial charge in [0, 0.05) is 28.9 Å². The Morgan fingerprint density at radius 1 is 1.09 bits per heavy atom. The second kappa shape index (κ2) is 8.03. The number of carbonyl (C=O) groups is 1. The van der Waals surface area contributed by atoms with Gasteiger partial charge in [-0.2, -0.15) is 5.10 Å². The monoisotopic (exact) mass is 428 g/mol. The van der Waals surface area contributed by atoms with Gasteiger partial charge in [0.25, 0.3) is 5.91 Å². The smallest absolute Gasteiger partial charge is 0.290 e. The highest BCUT2D eigenvalue weighted by Gasteiger charge is 2.21. The molecule has 0 saturated carbocycles. The van der Waals surface area contributed by atoms with E-state index in [1.54, 1.807) is 30.6 Å². The maximum atomic E-state index is 12.2. The summed E-state index contributed by atoms with van der Waals surface area (Å²) in [6.45, 7) is 3.75. The van der Waals surface area contributed by atoms with Crippen molar-refractivity contribution < 1.29 is 14.3 Å². The third-order valence-electron chi connectivity index (χ3n) is 4.73. The number of aromatic nitrogens is 4. The molecule has 5 rings (SSSR count). The molecule has 4 aromatic rings. The van der Waals surface area contributed by atoms with Crippen molar-refractivity contribution in [3.05, 3.63) is 66.9 Å². The van der Waals surface area contributed by atoms with Gasteiger partial charge in [-0.05, 0) is 56.3 Å². The van der Waals surface area contributed by atoms with Crippen LogP contribution in [0.1, 0.15) is 13.8 Å². The Labute approximate surface area is 183 Å². The van der Waals surface area contributed by atoms with Gasteiger partial charge >= 0.3 is 0 Å². The fourth-order valence-electron chi connectivity index (χ4n) is 3.25. The van der Waals surface area contributed by atoms with Crippen molar-refractivity contribution in [1.29, 1.82) is 0 Å². The molecule has 9 heteroatoms. The van der Waals surface area contributed by atoms with Gasteiger partial charge in [-0.15, -0.1) is 0 Å². The Kier molecular flexibility index (Phi) is 4.91. The van der Waals surface area contributed by atoms with Gasteiger partial charge in [-0.3, -0.25) is 9.89 Å². The maximum Gasteiger partial charge on any atom is 0.290 e. The van der Waals surface area contributed by atoms with E-state index in [0.29, 0.717) is 23.1 Å². The zero-order chi connectivity index (χ0) is 22.1. The molecule has 0 unspecified atom stereocenters. The van der Waals surface area contributed by atoms with Crippen LogP contribution < -0.4 is 20.1 Å². The van der Waals surface area contributed by atoms with Gasteiger partial charge in [-0.1, -0.05) is 0 Å². The fourth-order valence-corrected chi connectivity index (χ4v) is 3.25. The molecule has 2 aromatic carbocycles. The molecular weight excluding hydrogens is 408 g/mol. The molecule has 1 aliphatic heterocycles. The van der Waals surface area contributed by atoms with Crippen LogP contribution in [0.5, 0.6) is 11.5 Å². The lowest BCUT2D eigenvalue weighted by molar-refractivity contribution is -0.120. The summed E-state index contributed by atoms with van der Waals surface area (Å²) in [4.78, 5) is 21.2. The number of nitrogens with zero attached hydrogens (tertiary/aromatic N) is 3. The first kappa shape index (κ1) is 19.6. The Balaban J connectivity index is 1.37. The quantitative estimate of drug-likeness (QED) is 0.442. The molecule has 1 amide bonds. The third kappa shape index (κ3) is 3.95. The third-order valence-corrected chi connectivity index (χ3v) is 4.73. The number of aromatic amines is 1. The van der Waals surface area contributed by atoms with Crippen molar-refractivity contribution >= 4 is 28.3 Å². The van der Waals surface area contributed by atoms with Crippen LogP contribution in [-0.4, -0.2) is 32.1 Å². The number of ether oxygens (including phenoxy) is 2. The Morgan fingerprint density at radius 3 is 2.88 bits per heavy atom. The van der Waals surface area contributed by atoms with E-state index in [2.05, 4.69) is 30.8 Å². The predicted molar refractivity (Wildman–Crippen MR) is 119 cm³/mol. The molecule has 1 aliphatic rings. The predicted octanol–water partition coefficient (Wildman–Crippen LogP) is 3.90. The summed E-state index contributed by atoms with van der Waals surface area (Å²) >= 11 is 0. The van der Waals surface area contributed by atoms with Crippen molar-refractivity contribution in [2.24, 2.45) is 0 Å². The van der Waals surface area contributed by atoms with Crippen LogP contribution in [0, 0.1) is 0 Å². The molecule has 0 aliphatic carbocycles. The number of hydrogen-bond acceptors (Lipinski definition) is 7. The lowest BCUT2D eigenvalue weighted by atomic mass is 10.1. The van der Waals surface area contributed by atoms with E-state index in [4.69, 9.17) is 9.47 Å². The molecule has 0 saturated heterocycles. The van der Waals surface area contributed by atoms with Gasteiger partial charge in [0.15, 0.2) is 17.3 Å². The first-order valence-electron chi connectivity index (χ1n) is 10.1. The normalized spacial score (nSPS) is 12.5. The second-order valence-electron chi connectivity index (χ2n) is 7.55. The van der Waals surface area contributed by atoms with Crippen LogP contribution in [0.2, 0.25) is 0 Å². The highest BCUT2D eigenvalue weighted by molar-refractivity contribution is 5.92. The first-order valence-corrected chi connectivity index (χ1v) is 10.1. The van der Waals surface area contributed by atoms with E-state index in [0.717, 1.165) is 22.2 Å². The molecular formula is C23H20N6O3. The molecule has 0 spiro atoms. The zero-order valence-electron chi connectivity index (χ0n) is 17.4. The van der Waals surface area contributed by atoms with Gasteiger partial charge in [0.05, 0.1) is 11.7 Å². The number of amides is 1. The largest absolute Gasteiger partial charge is 0.457 e. The molecule has 160 valence electrons. The van der Waals surface area contributed by atoms with Crippen LogP contribution in [0.15, 0.2) is 66.9 Å². The number of carbonyl (C=O) groups excluding carboxylic acids is 1. The summed E-state index contributed by atoms with van der Waals surface area (Å²) in [5.74, 6) is 1.84. The van der Waals surface area contributed by atoms with Crippen molar-refractivity contribution in [1.82, 2.24) is 25.5 Å². The lowest BCUT2D eigenvalue weighted by Gasteiger charge is -2.19. The molecule has 9 nitrogen and oxygen atoms in total. The molecule has 2 aromatic heterocycles. The van der Waals surface area contributed by atoms with E-state index in [1.807, 2.05) is 38.1 Å². The minimum atomic E-state index is -0.340. The van der Waals surface area contributed by atoms with Crippen LogP contribution >= 0.6 is 0 Å². The summed E-state index contributed by atoms with van der Waals surface area (Å²) in [7, 11) is 0. The average Bonchev–Trinajstić information content (AvgIpc) is 3.26. The number of benzene rings is 2. The van der Waals surface area contributed by atoms with Crippen LogP contribution in [0.4, 0.5) is 11.5 Å². The molecule has 0 atom stereocenters. The summed E-state index contributed by atoms with van der Waals surface area (Å²) in [5.41, 5.74) is 2.58. The zero-order valence-corrected chi connectivity index (χ0v) is 17.4. The maximum absolute atomic E-state index is 12.2. The first-order chi connectivity index (χ1) is 15.5. The molecule has 3 N–H and O–H groups in total. The Hall–Kier alpha value is -4.40. The minimum absolute atomic E-state index is 0.0161. The Morgan fingerprint density at radius 2 is 2.00 bits per heavy atom. The number of rotatable bonds is 5. The van der Waals surface area contributed by atoms with E-state index in [1.165, 1.54) is 6.26 Å². The Bertz CT molecular complexity index is 1340. The van der Waals surface area contributed by atoms with Gasteiger partial charge in [-0.25, -0.2) is 9.97 Å². The number of fused-ring (bicyclic) bond motifs is 2. The summed E-state index contributed by atoms with van der Waals surface area (Å²) < 4.78 is 11.3. The topological polar surface area (TPSA) is 114 Å². The molecule has 0 fully saturated rings. The SMILES string of the molecule is CC(C)NC(=O)C1=COc2ccc(-c3nccc(Nc4ccc5[nH]ncc5c4)n3)cc2O1. The average molecular weight is 428 g/mol. The summed E-state index contributed by atoms with van der Waals surface area (Å²) in [6, 6.07) is 13.0. The van der Waals surface area contributed by atoms with Gasteiger partial charge in [0.2, 0.25) is 5.76 Å². The number of nitrogens with one attached hydrogen (secondary N) is 3. The summed E-state index contributed by atoms with van der Waals surface area (Å²) in [6.07, 6.45) is 4.75. The number of H-pyrrole nitrogens is 1. The number of hydrogen-bond donors (Lipinski definition) is 3. The van der Waals surface area contributed by atoms with Gasteiger partial charge in [0.1, 0.15) is 12.1 Å². The van der Waals surface area contributed by atoms with Crippen molar-refractivity contribution in [3.8, 4) is 22.9 Å². The van der Waals surface area contributed by atoms with E-state index < -0.39 is 0 Å². The van der Waals surface area contributed by atoms with Crippen LogP contribution in [0.25, 0.3) is 22.3 Å². The van der Waals surface area contributed by atoms with E-state index in [9.17, 15) is 4.79 Å². The molecule has 0 radical (unpaired) electrons. The van der Waals surface area contributed by atoms with E-state index >= 15 is 0 Å². The second-order valence-corrected chi connectivity index (χ2v) is 7.55. The number of anilines is 2. The van der Waals surface area contributed by atoms with Crippen molar-refractivity contribution in [2.75, 3.05) is 5.32 Å². The van der Waals surface area contributed by atoms with Crippen molar-refractivity contribution in [2.45, 2.75) is 19.9 Å². The molecule has 0 bridgehead atoms. The van der Waals surface area contributed by atoms with E-state index in [-0.39, 0.29) is 17.7 Å².